The summed E-state index contributed by atoms with van der Waals surface area (Å²) in [7, 11) is 2.04. The molecular weight excluding hydrogens is 260 g/mol. The molecule has 0 aliphatic carbocycles. The lowest BCUT2D eigenvalue weighted by Crippen LogP contribution is -2.32. The van der Waals surface area contributed by atoms with Crippen LogP contribution in [0.15, 0.2) is 47.1 Å². The Hall–Kier alpha value is -1.29. The van der Waals surface area contributed by atoms with E-state index in [-0.39, 0.29) is 12.1 Å². The first-order chi connectivity index (χ1) is 9.15. The molecule has 2 atom stereocenters. The fraction of sp³-hybridized carbons (Fsp3) is 0.333. The first kappa shape index (κ1) is 14.1. The van der Waals surface area contributed by atoms with Crippen LogP contribution in [0.5, 0.6) is 0 Å². The minimum absolute atomic E-state index is 0.0428. The molecule has 0 amide bonds. The van der Waals surface area contributed by atoms with Gasteiger partial charge >= 0.3 is 0 Å². The fourth-order valence-electron chi connectivity index (χ4n) is 2.27. The highest BCUT2D eigenvalue weighted by molar-refractivity contribution is 6.31. The molecule has 0 spiro atoms. The summed E-state index contributed by atoms with van der Waals surface area (Å²) >= 11 is 6.25. The van der Waals surface area contributed by atoms with Crippen LogP contribution in [0.2, 0.25) is 5.02 Å². The number of rotatable bonds is 5. The Morgan fingerprint density at radius 2 is 2.00 bits per heavy atom. The summed E-state index contributed by atoms with van der Waals surface area (Å²) in [5.41, 5.74) is 6.98. The van der Waals surface area contributed by atoms with E-state index in [2.05, 4.69) is 11.8 Å². The van der Waals surface area contributed by atoms with E-state index in [0.29, 0.717) is 6.54 Å². The zero-order chi connectivity index (χ0) is 13.8. The molecule has 2 rings (SSSR count). The Bertz CT molecular complexity index is 513. The summed E-state index contributed by atoms with van der Waals surface area (Å²) in [5, 5.41) is 0.775. The Labute approximate surface area is 119 Å². The standard InChI is InChI=1S/C15H19ClN2O/c1-11(12-6-3-4-7-13(12)16)18(2)14(10-17)15-8-5-9-19-15/h3-9,11,14H,10,17H2,1-2H3. The molecule has 1 aromatic carbocycles. The van der Waals surface area contributed by atoms with Crippen LogP contribution >= 0.6 is 11.6 Å². The molecule has 2 unspecified atom stereocenters. The van der Waals surface area contributed by atoms with Crippen molar-refractivity contribution in [3.63, 3.8) is 0 Å². The molecule has 2 N–H and O–H groups in total. The van der Waals surface area contributed by atoms with Crippen LogP contribution in [-0.4, -0.2) is 18.5 Å². The second-order valence-electron chi connectivity index (χ2n) is 4.63. The van der Waals surface area contributed by atoms with Gasteiger partial charge in [-0.2, -0.15) is 0 Å². The van der Waals surface area contributed by atoms with Crippen molar-refractivity contribution in [1.29, 1.82) is 0 Å². The molecule has 0 bridgehead atoms. The first-order valence-electron chi connectivity index (χ1n) is 6.35. The predicted molar refractivity (Wildman–Crippen MR) is 78.1 cm³/mol. The van der Waals surface area contributed by atoms with Gasteiger partial charge in [0.15, 0.2) is 0 Å². The lowest BCUT2D eigenvalue weighted by Gasteiger charge is -2.31. The number of nitrogens with two attached hydrogens (primary N) is 1. The van der Waals surface area contributed by atoms with E-state index in [9.17, 15) is 0 Å². The number of hydrogen-bond donors (Lipinski definition) is 1. The highest BCUT2D eigenvalue weighted by atomic mass is 35.5. The Morgan fingerprint density at radius 3 is 2.58 bits per heavy atom. The van der Waals surface area contributed by atoms with Crippen LogP contribution in [0.3, 0.4) is 0 Å². The van der Waals surface area contributed by atoms with Crippen molar-refractivity contribution in [3.05, 3.63) is 59.0 Å². The van der Waals surface area contributed by atoms with Gasteiger partial charge in [0.1, 0.15) is 5.76 Å². The Balaban J connectivity index is 2.23. The molecule has 0 fully saturated rings. The van der Waals surface area contributed by atoms with Crippen LogP contribution in [0.1, 0.15) is 30.3 Å². The van der Waals surface area contributed by atoms with Crippen molar-refractivity contribution in [2.24, 2.45) is 5.73 Å². The number of benzene rings is 1. The third-order valence-corrected chi connectivity index (χ3v) is 3.90. The zero-order valence-electron chi connectivity index (χ0n) is 11.2. The summed E-state index contributed by atoms with van der Waals surface area (Å²) < 4.78 is 5.47. The molecule has 0 aliphatic rings. The van der Waals surface area contributed by atoms with Crippen molar-refractivity contribution in [2.45, 2.75) is 19.0 Å². The van der Waals surface area contributed by atoms with Crippen molar-refractivity contribution in [2.75, 3.05) is 13.6 Å². The van der Waals surface area contributed by atoms with Crippen molar-refractivity contribution < 1.29 is 4.42 Å². The van der Waals surface area contributed by atoms with E-state index >= 15 is 0 Å². The third-order valence-electron chi connectivity index (χ3n) is 3.55. The van der Waals surface area contributed by atoms with Gasteiger partial charge in [-0.15, -0.1) is 0 Å². The van der Waals surface area contributed by atoms with E-state index in [1.807, 2.05) is 43.4 Å². The maximum atomic E-state index is 6.25. The normalized spacial score (nSPS) is 14.6. The van der Waals surface area contributed by atoms with Gasteiger partial charge < -0.3 is 10.2 Å². The minimum atomic E-state index is 0.0428. The maximum Gasteiger partial charge on any atom is 0.122 e. The largest absolute Gasteiger partial charge is 0.468 e. The molecule has 0 saturated heterocycles. The molecule has 0 saturated carbocycles. The van der Waals surface area contributed by atoms with Crippen molar-refractivity contribution in [3.8, 4) is 0 Å². The van der Waals surface area contributed by atoms with Crippen molar-refractivity contribution >= 4 is 11.6 Å². The van der Waals surface area contributed by atoms with E-state index < -0.39 is 0 Å². The van der Waals surface area contributed by atoms with Crippen LogP contribution in [0, 0.1) is 0 Å². The molecule has 2 aromatic rings. The summed E-state index contributed by atoms with van der Waals surface area (Å²) in [5.74, 6) is 0.879. The lowest BCUT2D eigenvalue weighted by atomic mass is 10.0. The molecular formula is C15H19ClN2O. The van der Waals surface area contributed by atoms with Crippen LogP contribution in [0.4, 0.5) is 0 Å². The number of halogens is 1. The Kier molecular flexibility index (Phi) is 4.64. The number of hydrogen-bond acceptors (Lipinski definition) is 3. The third kappa shape index (κ3) is 3.00. The van der Waals surface area contributed by atoms with E-state index in [0.717, 1.165) is 16.3 Å². The second-order valence-corrected chi connectivity index (χ2v) is 5.04. The molecule has 102 valence electrons. The van der Waals surface area contributed by atoms with Gasteiger partial charge in [-0.05, 0) is 37.7 Å². The van der Waals surface area contributed by atoms with Gasteiger partial charge in [0, 0.05) is 17.6 Å². The van der Waals surface area contributed by atoms with Crippen LogP contribution in [-0.2, 0) is 0 Å². The smallest absolute Gasteiger partial charge is 0.122 e. The summed E-state index contributed by atoms with van der Waals surface area (Å²) in [6.45, 7) is 2.62. The summed E-state index contributed by atoms with van der Waals surface area (Å²) in [6, 6.07) is 11.9. The van der Waals surface area contributed by atoms with Gasteiger partial charge in [0.25, 0.3) is 0 Å². The molecule has 4 heteroatoms. The van der Waals surface area contributed by atoms with Crippen molar-refractivity contribution in [1.82, 2.24) is 4.90 Å². The molecule has 3 nitrogen and oxygen atoms in total. The topological polar surface area (TPSA) is 42.4 Å². The van der Waals surface area contributed by atoms with E-state index in [1.165, 1.54) is 0 Å². The van der Waals surface area contributed by atoms with Gasteiger partial charge in [0.05, 0.1) is 12.3 Å². The monoisotopic (exact) mass is 278 g/mol. The molecule has 1 aromatic heterocycles. The van der Waals surface area contributed by atoms with E-state index in [1.54, 1.807) is 6.26 Å². The van der Waals surface area contributed by atoms with Gasteiger partial charge in [-0.25, -0.2) is 0 Å². The summed E-state index contributed by atoms with van der Waals surface area (Å²) in [6.07, 6.45) is 1.67. The molecule has 19 heavy (non-hydrogen) atoms. The van der Waals surface area contributed by atoms with Gasteiger partial charge in [0.2, 0.25) is 0 Å². The Morgan fingerprint density at radius 1 is 1.26 bits per heavy atom. The maximum absolute atomic E-state index is 6.25. The highest BCUT2D eigenvalue weighted by Crippen LogP contribution is 2.31. The molecule has 0 radical (unpaired) electrons. The van der Waals surface area contributed by atoms with E-state index in [4.69, 9.17) is 21.8 Å². The average Bonchev–Trinajstić information content (AvgIpc) is 2.93. The molecule has 0 aliphatic heterocycles. The first-order valence-corrected chi connectivity index (χ1v) is 6.72. The number of likely N-dealkylation sites (N-methyl/N-ethyl adjacent to an activating group) is 1. The fourth-order valence-corrected chi connectivity index (χ4v) is 2.56. The predicted octanol–water partition coefficient (Wildman–Crippen LogP) is 3.63. The average molecular weight is 279 g/mol. The highest BCUT2D eigenvalue weighted by Gasteiger charge is 2.24. The summed E-state index contributed by atoms with van der Waals surface area (Å²) in [4.78, 5) is 2.18. The second kappa shape index (κ2) is 6.24. The van der Waals surface area contributed by atoms with Gasteiger partial charge in [-0.1, -0.05) is 29.8 Å². The molecule has 1 heterocycles. The number of furan rings is 1. The quantitative estimate of drug-likeness (QED) is 0.908. The number of nitrogens with zero attached hydrogens (tertiary/aromatic N) is 1. The lowest BCUT2D eigenvalue weighted by molar-refractivity contribution is 0.169. The SMILES string of the molecule is CC(c1ccccc1Cl)N(C)C(CN)c1ccco1. The van der Waals surface area contributed by atoms with Crippen LogP contribution < -0.4 is 5.73 Å². The van der Waals surface area contributed by atoms with Crippen LogP contribution in [0.25, 0.3) is 0 Å². The zero-order valence-corrected chi connectivity index (χ0v) is 12.0. The minimum Gasteiger partial charge on any atom is -0.468 e. The van der Waals surface area contributed by atoms with Gasteiger partial charge in [-0.3, -0.25) is 4.90 Å².